The van der Waals surface area contributed by atoms with Crippen molar-refractivity contribution < 1.29 is 4.79 Å². The molecule has 1 unspecified atom stereocenters. The van der Waals surface area contributed by atoms with Crippen molar-refractivity contribution in [2.24, 2.45) is 0 Å². The predicted octanol–water partition coefficient (Wildman–Crippen LogP) is 2.38. The summed E-state index contributed by atoms with van der Waals surface area (Å²) in [6.45, 7) is 2.06. The van der Waals surface area contributed by atoms with E-state index in [1.54, 1.807) is 0 Å². The molecule has 1 aliphatic heterocycles. The average molecular weight is 348 g/mol. The third-order valence-electron chi connectivity index (χ3n) is 3.13. The van der Waals surface area contributed by atoms with Crippen LogP contribution in [0.4, 0.5) is 5.69 Å². The molecule has 2 N–H and O–H groups in total. The summed E-state index contributed by atoms with van der Waals surface area (Å²) in [5, 5.41) is 15.8. The summed E-state index contributed by atoms with van der Waals surface area (Å²) in [6.07, 6.45) is 0. The van der Waals surface area contributed by atoms with Gasteiger partial charge in [-0.1, -0.05) is 34.8 Å². The van der Waals surface area contributed by atoms with Crippen molar-refractivity contribution in [2.75, 3.05) is 31.5 Å². The first-order chi connectivity index (χ1) is 10.0. The molecule has 5 nitrogen and oxygen atoms in total. The quantitative estimate of drug-likeness (QED) is 0.824. The zero-order valence-corrected chi connectivity index (χ0v) is 13.3. The highest BCUT2D eigenvalue weighted by molar-refractivity contribution is 6.44. The van der Waals surface area contributed by atoms with Gasteiger partial charge >= 0.3 is 0 Å². The second-order valence-corrected chi connectivity index (χ2v) is 5.84. The number of benzene rings is 1. The van der Waals surface area contributed by atoms with Gasteiger partial charge < -0.3 is 10.6 Å². The highest BCUT2D eigenvalue weighted by atomic mass is 35.5. The molecule has 1 amide bonds. The first kappa shape index (κ1) is 16.3. The molecule has 0 spiro atoms. The molecule has 1 atom stereocenters. The number of nitrogens with one attached hydrogen (secondary N) is 2. The van der Waals surface area contributed by atoms with Gasteiger partial charge in [0.15, 0.2) is 0 Å². The van der Waals surface area contributed by atoms with Gasteiger partial charge in [-0.05, 0) is 12.1 Å². The molecular weight excluding hydrogens is 335 g/mol. The Morgan fingerprint density at radius 2 is 2.10 bits per heavy atom. The summed E-state index contributed by atoms with van der Waals surface area (Å²) in [4.78, 5) is 13.9. The number of hydrogen-bond donors (Lipinski definition) is 2. The second-order valence-electron chi connectivity index (χ2n) is 4.61. The number of nitrogens with zero attached hydrogens (tertiary/aromatic N) is 2. The Balaban J connectivity index is 2.02. The van der Waals surface area contributed by atoms with Crippen LogP contribution in [0.3, 0.4) is 0 Å². The van der Waals surface area contributed by atoms with E-state index in [-0.39, 0.29) is 18.5 Å². The van der Waals surface area contributed by atoms with E-state index in [1.807, 2.05) is 4.90 Å². The van der Waals surface area contributed by atoms with Crippen LogP contribution < -0.4 is 10.6 Å². The summed E-state index contributed by atoms with van der Waals surface area (Å²) in [5.41, 5.74) is 0.403. The summed E-state index contributed by atoms with van der Waals surface area (Å²) in [6, 6.07) is 4.84. The zero-order valence-electron chi connectivity index (χ0n) is 11.0. The monoisotopic (exact) mass is 346 g/mol. The topological polar surface area (TPSA) is 68.2 Å². The van der Waals surface area contributed by atoms with E-state index in [4.69, 9.17) is 40.1 Å². The molecule has 1 aromatic carbocycles. The second kappa shape index (κ2) is 7.30. The number of carbonyl (C=O) groups excluding carboxylic acids is 1. The fourth-order valence-electron chi connectivity index (χ4n) is 2.06. The van der Waals surface area contributed by atoms with Crippen molar-refractivity contribution in [3.63, 3.8) is 0 Å². The number of hydrogen-bond acceptors (Lipinski definition) is 4. The lowest BCUT2D eigenvalue weighted by Crippen LogP contribution is -2.52. The molecule has 0 aromatic heterocycles. The molecule has 2 rings (SSSR count). The summed E-state index contributed by atoms with van der Waals surface area (Å²) < 4.78 is 0. The van der Waals surface area contributed by atoms with Gasteiger partial charge in [0.2, 0.25) is 5.91 Å². The summed E-state index contributed by atoms with van der Waals surface area (Å²) >= 11 is 17.7. The van der Waals surface area contributed by atoms with E-state index in [9.17, 15) is 4.79 Å². The molecule has 1 saturated heterocycles. The van der Waals surface area contributed by atoms with E-state index in [2.05, 4.69) is 16.7 Å². The van der Waals surface area contributed by atoms with Gasteiger partial charge in [-0.3, -0.25) is 9.69 Å². The van der Waals surface area contributed by atoms with Crippen LogP contribution in [0.2, 0.25) is 15.1 Å². The Hall–Kier alpha value is -1.03. The third kappa shape index (κ3) is 4.22. The molecule has 0 saturated carbocycles. The van der Waals surface area contributed by atoms with E-state index in [0.717, 1.165) is 6.54 Å². The van der Waals surface area contributed by atoms with Crippen LogP contribution in [0.25, 0.3) is 0 Å². The minimum atomic E-state index is -0.311. The summed E-state index contributed by atoms with van der Waals surface area (Å²) in [7, 11) is 0. The van der Waals surface area contributed by atoms with Gasteiger partial charge in [0.1, 0.15) is 6.04 Å². The zero-order chi connectivity index (χ0) is 15.4. The maximum absolute atomic E-state index is 12.1. The standard InChI is InChI=1S/C13H13Cl3N4O/c14-9-3-11(16)12(4-10(9)15)19-13(21)7-20-2-1-18-6-8(20)5-17/h3-4,8,18H,1-2,6-7H2,(H,19,21). The molecular formula is C13H13Cl3N4O. The maximum Gasteiger partial charge on any atom is 0.238 e. The lowest BCUT2D eigenvalue weighted by molar-refractivity contribution is -0.117. The molecule has 112 valence electrons. The van der Waals surface area contributed by atoms with E-state index < -0.39 is 0 Å². The summed E-state index contributed by atoms with van der Waals surface area (Å²) in [5.74, 6) is -0.252. The first-order valence-corrected chi connectivity index (χ1v) is 7.43. The minimum absolute atomic E-state index is 0.122. The van der Waals surface area contributed by atoms with Crippen molar-refractivity contribution in [1.82, 2.24) is 10.2 Å². The minimum Gasteiger partial charge on any atom is -0.324 e. The Kier molecular flexibility index (Phi) is 5.68. The van der Waals surface area contributed by atoms with Gasteiger partial charge in [-0.25, -0.2) is 0 Å². The molecule has 1 aromatic rings. The number of halogens is 3. The number of rotatable bonds is 3. The molecule has 0 radical (unpaired) electrons. The highest BCUT2D eigenvalue weighted by Gasteiger charge is 2.24. The fourth-order valence-corrected chi connectivity index (χ4v) is 2.65. The van der Waals surface area contributed by atoms with Crippen LogP contribution in [0.1, 0.15) is 0 Å². The van der Waals surface area contributed by atoms with Crippen molar-refractivity contribution in [1.29, 1.82) is 5.26 Å². The molecule has 1 aliphatic rings. The van der Waals surface area contributed by atoms with Crippen LogP contribution in [0.5, 0.6) is 0 Å². The Morgan fingerprint density at radius 3 is 2.81 bits per heavy atom. The lowest BCUT2D eigenvalue weighted by atomic mass is 10.2. The van der Waals surface area contributed by atoms with Gasteiger partial charge in [-0.2, -0.15) is 5.26 Å². The number of carbonyl (C=O) groups is 1. The maximum atomic E-state index is 12.1. The molecule has 21 heavy (non-hydrogen) atoms. The highest BCUT2D eigenvalue weighted by Crippen LogP contribution is 2.32. The van der Waals surface area contributed by atoms with Crippen LogP contribution >= 0.6 is 34.8 Å². The molecule has 8 heteroatoms. The Bertz CT molecular complexity index is 588. The van der Waals surface area contributed by atoms with Gasteiger partial charge in [-0.15, -0.1) is 0 Å². The van der Waals surface area contributed by atoms with Crippen LogP contribution in [-0.2, 0) is 4.79 Å². The number of piperazine rings is 1. The number of anilines is 1. The van der Waals surface area contributed by atoms with Crippen molar-refractivity contribution in [2.45, 2.75) is 6.04 Å². The van der Waals surface area contributed by atoms with Gasteiger partial charge in [0.25, 0.3) is 0 Å². The largest absolute Gasteiger partial charge is 0.324 e. The van der Waals surface area contributed by atoms with Gasteiger partial charge in [0, 0.05) is 19.6 Å². The van der Waals surface area contributed by atoms with E-state index >= 15 is 0 Å². The molecule has 0 bridgehead atoms. The first-order valence-electron chi connectivity index (χ1n) is 6.30. The third-order valence-corrected chi connectivity index (χ3v) is 4.17. The Labute approximate surface area is 137 Å². The normalized spacial score (nSPS) is 19.0. The van der Waals surface area contributed by atoms with Crippen molar-refractivity contribution >= 4 is 46.4 Å². The molecule has 0 aliphatic carbocycles. The van der Waals surface area contributed by atoms with Crippen molar-refractivity contribution in [3.05, 3.63) is 27.2 Å². The van der Waals surface area contributed by atoms with Crippen molar-refractivity contribution in [3.8, 4) is 6.07 Å². The van der Waals surface area contributed by atoms with Gasteiger partial charge in [0.05, 0.1) is 33.4 Å². The van der Waals surface area contributed by atoms with E-state index in [0.29, 0.717) is 33.8 Å². The smallest absolute Gasteiger partial charge is 0.238 e. The van der Waals surface area contributed by atoms with E-state index in [1.165, 1.54) is 12.1 Å². The number of amides is 1. The molecule has 1 fully saturated rings. The fraction of sp³-hybridized carbons (Fsp3) is 0.385. The lowest BCUT2D eigenvalue weighted by Gasteiger charge is -2.31. The average Bonchev–Trinajstić information content (AvgIpc) is 2.45. The SMILES string of the molecule is N#CC1CNCCN1CC(=O)Nc1cc(Cl)c(Cl)cc1Cl. The molecule has 1 heterocycles. The number of nitriles is 1. The van der Waals surface area contributed by atoms with Crippen LogP contribution in [0.15, 0.2) is 12.1 Å². The Morgan fingerprint density at radius 1 is 1.38 bits per heavy atom. The van der Waals surface area contributed by atoms with Crippen LogP contribution in [-0.4, -0.2) is 43.0 Å². The van der Waals surface area contributed by atoms with Crippen LogP contribution in [0, 0.1) is 11.3 Å². The predicted molar refractivity (Wildman–Crippen MR) is 83.9 cm³/mol.